The molecule has 5 rings (SSSR count). The molecule has 0 bridgehead atoms. The summed E-state index contributed by atoms with van der Waals surface area (Å²) < 4.78 is 2.01. The summed E-state index contributed by atoms with van der Waals surface area (Å²) in [6.45, 7) is 1.44. The Hall–Kier alpha value is -3.91. The number of carbonyl (C=O) groups is 2. The van der Waals surface area contributed by atoms with Gasteiger partial charge in [0.1, 0.15) is 5.65 Å². The zero-order valence-corrected chi connectivity index (χ0v) is 18.0. The van der Waals surface area contributed by atoms with Gasteiger partial charge in [-0.05, 0) is 42.5 Å². The molecule has 0 aliphatic carbocycles. The van der Waals surface area contributed by atoms with Crippen molar-refractivity contribution >= 4 is 62.5 Å². The number of thioether (sulfide) groups is 1. The van der Waals surface area contributed by atoms with Gasteiger partial charge in [-0.25, -0.2) is 9.97 Å². The van der Waals surface area contributed by atoms with Crippen LogP contribution in [0.3, 0.4) is 0 Å². The lowest BCUT2D eigenvalue weighted by atomic mass is 10.2. The van der Waals surface area contributed by atoms with Crippen molar-refractivity contribution in [2.24, 2.45) is 0 Å². The molecule has 2 N–H and O–H groups in total. The number of imidazole rings is 1. The molecule has 3 aromatic carbocycles. The first kappa shape index (κ1) is 20.0. The molecule has 2 aromatic heterocycles. The van der Waals surface area contributed by atoms with Crippen LogP contribution in [-0.2, 0) is 9.59 Å². The molecule has 158 valence electrons. The van der Waals surface area contributed by atoms with Crippen LogP contribution in [0.1, 0.15) is 6.92 Å². The number of hydrogen-bond donors (Lipinski definition) is 2. The third-order valence-corrected chi connectivity index (χ3v) is 5.85. The quantitative estimate of drug-likeness (QED) is 0.304. The fraction of sp³-hybridized carbons (Fsp3) is 0.0833. The zero-order chi connectivity index (χ0) is 22.1. The number of benzene rings is 3. The Balaban J connectivity index is 1.44. The van der Waals surface area contributed by atoms with Gasteiger partial charge >= 0.3 is 0 Å². The summed E-state index contributed by atoms with van der Waals surface area (Å²) in [7, 11) is 0. The summed E-state index contributed by atoms with van der Waals surface area (Å²) in [5.41, 5.74) is 4.74. The smallest absolute Gasteiger partial charge is 0.234 e. The maximum Gasteiger partial charge on any atom is 0.234 e. The maximum absolute atomic E-state index is 12.6. The van der Waals surface area contributed by atoms with Crippen molar-refractivity contribution in [3.8, 4) is 0 Å². The SMILES string of the molecule is CC(=O)Nc1cccc(NC(=O)CSc2nc3ccccc3c3nc4ccccc4n23)c1. The largest absolute Gasteiger partial charge is 0.326 e. The van der Waals surface area contributed by atoms with E-state index in [-0.39, 0.29) is 17.6 Å². The number of para-hydroxylation sites is 3. The summed E-state index contributed by atoms with van der Waals surface area (Å²) in [6, 6.07) is 22.8. The minimum Gasteiger partial charge on any atom is -0.326 e. The Labute approximate surface area is 187 Å². The number of fused-ring (bicyclic) bond motifs is 5. The second kappa shape index (κ2) is 8.32. The van der Waals surface area contributed by atoms with Crippen LogP contribution < -0.4 is 10.6 Å². The number of carbonyl (C=O) groups excluding carboxylic acids is 2. The Kier molecular flexibility index (Phi) is 5.20. The molecule has 0 saturated heterocycles. The van der Waals surface area contributed by atoms with Crippen molar-refractivity contribution in [2.75, 3.05) is 16.4 Å². The molecule has 32 heavy (non-hydrogen) atoms. The second-order valence-corrected chi connectivity index (χ2v) is 8.21. The molecule has 0 unspecified atom stereocenters. The van der Waals surface area contributed by atoms with E-state index in [2.05, 4.69) is 10.6 Å². The molecule has 0 saturated carbocycles. The second-order valence-electron chi connectivity index (χ2n) is 7.27. The van der Waals surface area contributed by atoms with E-state index in [4.69, 9.17) is 9.97 Å². The van der Waals surface area contributed by atoms with Crippen molar-refractivity contribution in [3.05, 3.63) is 72.8 Å². The lowest BCUT2D eigenvalue weighted by Crippen LogP contribution is -2.15. The van der Waals surface area contributed by atoms with Crippen LogP contribution in [0.2, 0.25) is 0 Å². The summed E-state index contributed by atoms with van der Waals surface area (Å²) in [5.74, 6) is -0.150. The standard InChI is InChI=1S/C24H19N5O2S/c1-15(30)25-16-7-6-8-17(13-16)26-22(31)14-32-24-28-19-10-3-2-9-18(19)23-27-20-11-4-5-12-21(20)29(23)24/h2-13H,14H2,1H3,(H,25,30)(H,26,31). The van der Waals surface area contributed by atoms with Gasteiger partial charge in [0, 0.05) is 23.7 Å². The monoisotopic (exact) mass is 441 g/mol. The third-order valence-electron chi connectivity index (χ3n) is 4.91. The lowest BCUT2D eigenvalue weighted by molar-refractivity contribution is -0.114. The van der Waals surface area contributed by atoms with Gasteiger partial charge in [-0.3, -0.25) is 14.0 Å². The Morgan fingerprint density at radius 2 is 1.59 bits per heavy atom. The summed E-state index contributed by atoms with van der Waals surface area (Å²) in [5, 5.41) is 7.26. The van der Waals surface area contributed by atoms with Gasteiger partial charge in [-0.15, -0.1) is 0 Å². The van der Waals surface area contributed by atoms with E-state index in [1.807, 2.05) is 52.9 Å². The topological polar surface area (TPSA) is 88.4 Å². The highest BCUT2D eigenvalue weighted by atomic mass is 32.2. The van der Waals surface area contributed by atoms with Gasteiger partial charge < -0.3 is 10.6 Å². The van der Waals surface area contributed by atoms with Crippen LogP contribution in [0.15, 0.2) is 78.0 Å². The minimum absolute atomic E-state index is 0.164. The van der Waals surface area contributed by atoms with Gasteiger partial charge in [-0.1, -0.05) is 42.1 Å². The molecule has 5 aromatic rings. The minimum atomic E-state index is -0.164. The fourth-order valence-corrected chi connectivity index (χ4v) is 4.42. The normalized spacial score (nSPS) is 11.2. The van der Waals surface area contributed by atoms with Gasteiger partial charge in [0.15, 0.2) is 5.16 Å². The van der Waals surface area contributed by atoms with E-state index in [1.165, 1.54) is 18.7 Å². The Morgan fingerprint density at radius 3 is 2.41 bits per heavy atom. The molecule has 0 aliphatic heterocycles. The number of nitrogens with zero attached hydrogens (tertiary/aromatic N) is 3. The van der Waals surface area contributed by atoms with Gasteiger partial charge in [0.05, 0.1) is 22.3 Å². The van der Waals surface area contributed by atoms with Gasteiger partial charge in [-0.2, -0.15) is 0 Å². The highest BCUT2D eigenvalue weighted by molar-refractivity contribution is 7.99. The first-order valence-corrected chi connectivity index (χ1v) is 11.0. The van der Waals surface area contributed by atoms with Gasteiger partial charge in [0.25, 0.3) is 0 Å². The van der Waals surface area contributed by atoms with E-state index in [9.17, 15) is 9.59 Å². The van der Waals surface area contributed by atoms with Crippen LogP contribution >= 0.6 is 11.8 Å². The van der Waals surface area contributed by atoms with Crippen LogP contribution in [0.4, 0.5) is 11.4 Å². The van der Waals surface area contributed by atoms with Crippen LogP contribution in [0, 0.1) is 0 Å². The van der Waals surface area contributed by atoms with E-state index >= 15 is 0 Å². The molecule has 0 fully saturated rings. The van der Waals surface area contributed by atoms with Crippen molar-refractivity contribution in [2.45, 2.75) is 12.1 Å². The number of hydrogen-bond acceptors (Lipinski definition) is 5. The molecule has 8 heteroatoms. The first-order valence-electron chi connectivity index (χ1n) is 10.0. The summed E-state index contributed by atoms with van der Waals surface area (Å²) >= 11 is 1.36. The number of anilines is 2. The molecule has 0 aliphatic rings. The molecular formula is C24H19N5O2S. The molecule has 7 nitrogen and oxygen atoms in total. The molecular weight excluding hydrogens is 422 g/mol. The molecule has 2 heterocycles. The average Bonchev–Trinajstić information content (AvgIpc) is 3.17. The van der Waals surface area contributed by atoms with E-state index in [0.717, 1.165) is 27.6 Å². The predicted octanol–water partition coefficient (Wildman–Crippen LogP) is 4.72. The van der Waals surface area contributed by atoms with E-state index in [1.54, 1.807) is 24.3 Å². The molecule has 0 spiro atoms. The summed E-state index contributed by atoms with van der Waals surface area (Å²) in [6.07, 6.45) is 0. The molecule has 0 radical (unpaired) electrons. The fourth-order valence-electron chi connectivity index (χ4n) is 3.62. The number of nitrogens with one attached hydrogen (secondary N) is 2. The van der Waals surface area contributed by atoms with Crippen molar-refractivity contribution in [3.63, 3.8) is 0 Å². The van der Waals surface area contributed by atoms with E-state index in [0.29, 0.717) is 16.5 Å². The third kappa shape index (κ3) is 3.88. The molecule has 0 atom stereocenters. The average molecular weight is 442 g/mol. The first-order chi connectivity index (χ1) is 15.6. The van der Waals surface area contributed by atoms with Crippen molar-refractivity contribution in [1.29, 1.82) is 0 Å². The number of amides is 2. The summed E-state index contributed by atoms with van der Waals surface area (Å²) in [4.78, 5) is 33.5. The van der Waals surface area contributed by atoms with Crippen LogP contribution in [0.25, 0.3) is 27.6 Å². The Bertz CT molecular complexity index is 1490. The number of rotatable bonds is 5. The highest BCUT2D eigenvalue weighted by Gasteiger charge is 2.15. The van der Waals surface area contributed by atoms with Crippen molar-refractivity contribution < 1.29 is 9.59 Å². The highest BCUT2D eigenvalue weighted by Crippen LogP contribution is 2.29. The predicted molar refractivity (Wildman–Crippen MR) is 128 cm³/mol. The Morgan fingerprint density at radius 1 is 0.875 bits per heavy atom. The zero-order valence-electron chi connectivity index (χ0n) is 17.2. The lowest BCUT2D eigenvalue weighted by Gasteiger charge is -2.10. The number of aromatic nitrogens is 3. The molecule has 2 amide bonds. The van der Waals surface area contributed by atoms with Crippen LogP contribution in [0.5, 0.6) is 0 Å². The van der Waals surface area contributed by atoms with Crippen molar-refractivity contribution in [1.82, 2.24) is 14.4 Å². The maximum atomic E-state index is 12.6. The van der Waals surface area contributed by atoms with E-state index < -0.39 is 0 Å². The van der Waals surface area contributed by atoms with Crippen LogP contribution in [-0.4, -0.2) is 31.9 Å². The van der Waals surface area contributed by atoms with Gasteiger partial charge in [0.2, 0.25) is 11.8 Å².